The Morgan fingerprint density at radius 1 is 1.00 bits per heavy atom. The molecule has 196 valence electrons. The van der Waals surface area contributed by atoms with E-state index >= 15 is 0 Å². The number of rotatable bonds is 8. The monoisotopic (exact) mass is 503 g/mol. The maximum absolute atomic E-state index is 13.8. The van der Waals surface area contributed by atoms with Gasteiger partial charge in [0.2, 0.25) is 0 Å². The van der Waals surface area contributed by atoms with E-state index in [0.29, 0.717) is 35.5 Å². The van der Waals surface area contributed by atoms with E-state index in [1.807, 2.05) is 51.1 Å². The average Bonchev–Trinajstić information content (AvgIpc) is 2.91. The highest BCUT2D eigenvalue weighted by atomic mass is 16.5. The Hall–Kier alpha value is -3.54. The van der Waals surface area contributed by atoms with Crippen molar-refractivity contribution in [3.05, 3.63) is 81.7 Å². The van der Waals surface area contributed by atoms with Crippen molar-refractivity contribution in [1.29, 1.82) is 0 Å². The highest BCUT2D eigenvalue weighted by molar-refractivity contribution is 6.04. The highest BCUT2D eigenvalue weighted by Gasteiger charge is 2.41. The molecule has 0 aromatic heterocycles. The molecule has 37 heavy (non-hydrogen) atoms. The van der Waals surface area contributed by atoms with Crippen LogP contribution in [0.3, 0.4) is 0 Å². The molecule has 2 aliphatic rings. The van der Waals surface area contributed by atoms with Crippen LogP contribution in [0.5, 0.6) is 11.5 Å². The normalized spacial score (nSPS) is 20.2. The lowest BCUT2D eigenvalue weighted by Gasteiger charge is -2.37. The number of aryl methyl sites for hydroxylation is 1. The summed E-state index contributed by atoms with van der Waals surface area (Å²) in [5.74, 6) is 0.497. The number of benzene rings is 2. The molecule has 0 unspecified atom stereocenters. The van der Waals surface area contributed by atoms with Crippen molar-refractivity contribution in [3.63, 3.8) is 0 Å². The summed E-state index contributed by atoms with van der Waals surface area (Å²) >= 11 is 0. The summed E-state index contributed by atoms with van der Waals surface area (Å²) in [7, 11) is 3.22. The second-order valence-corrected chi connectivity index (χ2v) is 9.85. The number of esters is 1. The van der Waals surface area contributed by atoms with Crippen molar-refractivity contribution in [1.82, 2.24) is 5.32 Å². The molecule has 1 aliphatic carbocycles. The molecule has 1 aliphatic heterocycles. The van der Waals surface area contributed by atoms with E-state index in [2.05, 4.69) is 24.4 Å². The maximum Gasteiger partial charge on any atom is 0.337 e. The molecule has 0 spiro atoms. The number of ether oxygens (including phenoxy) is 3. The van der Waals surface area contributed by atoms with E-state index in [0.717, 1.165) is 35.4 Å². The highest BCUT2D eigenvalue weighted by Crippen LogP contribution is 2.46. The van der Waals surface area contributed by atoms with Gasteiger partial charge in [-0.15, -0.1) is 0 Å². The topological polar surface area (TPSA) is 73.9 Å². The number of allylic oxidation sites excluding steroid dienone is 3. The molecule has 0 saturated heterocycles. The number of carbonyl (C=O) groups excluding carboxylic acids is 2. The molecule has 0 amide bonds. The minimum Gasteiger partial charge on any atom is -0.493 e. The zero-order valence-corrected chi connectivity index (χ0v) is 22.6. The van der Waals surface area contributed by atoms with Crippen molar-refractivity contribution in [2.45, 2.75) is 71.3 Å². The van der Waals surface area contributed by atoms with Gasteiger partial charge in [0.1, 0.15) is 0 Å². The van der Waals surface area contributed by atoms with Gasteiger partial charge < -0.3 is 19.5 Å². The fraction of sp³-hybridized carbons (Fsp3) is 0.419. The van der Waals surface area contributed by atoms with Gasteiger partial charge in [0, 0.05) is 29.3 Å². The number of carbonyl (C=O) groups is 2. The summed E-state index contributed by atoms with van der Waals surface area (Å²) in [6.07, 6.45) is 2.45. The van der Waals surface area contributed by atoms with Crippen molar-refractivity contribution >= 4 is 11.8 Å². The molecule has 0 saturated carbocycles. The van der Waals surface area contributed by atoms with Crippen LogP contribution in [0, 0.1) is 0 Å². The summed E-state index contributed by atoms with van der Waals surface area (Å²) in [5.41, 5.74) is 5.95. The lowest BCUT2D eigenvalue weighted by Crippen LogP contribution is -2.36. The Morgan fingerprint density at radius 3 is 2.30 bits per heavy atom. The third kappa shape index (κ3) is 5.29. The lowest BCUT2D eigenvalue weighted by atomic mass is 9.71. The summed E-state index contributed by atoms with van der Waals surface area (Å²) in [4.78, 5) is 27.2. The van der Waals surface area contributed by atoms with Crippen LogP contribution < -0.4 is 14.8 Å². The summed E-state index contributed by atoms with van der Waals surface area (Å²) in [5, 5.41) is 3.43. The van der Waals surface area contributed by atoms with Gasteiger partial charge in [-0.3, -0.25) is 4.79 Å². The van der Waals surface area contributed by atoms with Crippen molar-refractivity contribution < 1.29 is 23.8 Å². The molecule has 3 atom stereocenters. The first-order valence-corrected chi connectivity index (χ1v) is 13.1. The Labute approximate surface area is 219 Å². The zero-order chi connectivity index (χ0) is 26.7. The first kappa shape index (κ1) is 26.5. The molecular weight excluding hydrogens is 466 g/mol. The minimum absolute atomic E-state index is 0.0110. The van der Waals surface area contributed by atoms with Gasteiger partial charge in [-0.1, -0.05) is 44.2 Å². The van der Waals surface area contributed by atoms with Gasteiger partial charge in [-0.05, 0) is 67.9 Å². The Kier molecular flexibility index (Phi) is 8.06. The van der Waals surface area contributed by atoms with Crippen LogP contribution in [0.25, 0.3) is 0 Å². The van der Waals surface area contributed by atoms with Gasteiger partial charge >= 0.3 is 5.97 Å². The maximum atomic E-state index is 13.8. The summed E-state index contributed by atoms with van der Waals surface area (Å²) < 4.78 is 16.6. The number of dihydropyridines is 1. The van der Waals surface area contributed by atoms with Crippen LogP contribution in [0.15, 0.2) is 65.0 Å². The molecule has 6 nitrogen and oxygen atoms in total. The first-order chi connectivity index (χ1) is 17.8. The van der Waals surface area contributed by atoms with Gasteiger partial charge in [0.25, 0.3) is 0 Å². The van der Waals surface area contributed by atoms with Crippen molar-refractivity contribution in [3.8, 4) is 11.5 Å². The molecule has 0 bridgehead atoms. The molecule has 1 heterocycles. The molecule has 1 N–H and O–H groups in total. The standard InChI is InChI=1S/C31H37NO5/c1-7-18(3)37-31(34)28-19(4)32-24-15-23(22-13-14-26(35-5)27(17-22)36-6)16-25(33)30(24)29(28)21-11-9-20(8-2)10-12-21/h9-14,17-18,23,29,32H,7-8,15-16H2,1-6H3/t18-,23+,29-/m0/s1. The van der Waals surface area contributed by atoms with Gasteiger partial charge in [0.05, 0.1) is 25.9 Å². The summed E-state index contributed by atoms with van der Waals surface area (Å²) in [6, 6.07) is 14.0. The van der Waals surface area contributed by atoms with Crippen LogP contribution in [-0.4, -0.2) is 32.1 Å². The molecule has 2 aromatic rings. The number of hydrogen-bond donors (Lipinski definition) is 1. The fourth-order valence-corrected chi connectivity index (χ4v) is 5.26. The van der Waals surface area contributed by atoms with E-state index in [-0.39, 0.29) is 23.8 Å². The molecule has 0 fully saturated rings. The number of hydrogen-bond acceptors (Lipinski definition) is 6. The van der Waals surface area contributed by atoms with Gasteiger partial charge in [-0.25, -0.2) is 4.79 Å². The molecule has 0 radical (unpaired) electrons. The molecule has 4 rings (SSSR count). The van der Waals surface area contributed by atoms with E-state index in [4.69, 9.17) is 14.2 Å². The lowest BCUT2D eigenvalue weighted by molar-refractivity contribution is -0.144. The van der Waals surface area contributed by atoms with E-state index in [1.54, 1.807) is 14.2 Å². The van der Waals surface area contributed by atoms with Crippen LogP contribution in [0.2, 0.25) is 0 Å². The third-order valence-electron chi connectivity index (χ3n) is 7.53. The number of Topliss-reactive ketones (excluding diaryl/α,β-unsaturated/α-hetero) is 1. The fourth-order valence-electron chi connectivity index (χ4n) is 5.26. The Morgan fingerprint density at radius 2 is 1.68 bits per heavy atom. The van der Waals surface area contributed by atoms with Crippen LogP contribution >= 0.6 is 0 Å². The predicted molar refractivity (Wildman–Crippen MR) is 144 cm³/mol. The van der Waals surface area contributed by atoms with E-state index in [1.165, 1.54) is 5.56 Å². The van der Waals surface area contributed by atoms with Crippen LogP contribution in [-0.2, 0) is 20.7 Å². The van der Waals surface area contributed by atoms with Crippen molar-refractivity contribution in [2.75, 3.05) is 14.2 Å². The SMILES string of the molecule is CCc1ccc([C@H]2C(C(=O)O[C@@H](C)CC)=C(C)NC3=C2C(=O)C[C@H](c2ccc(OC)c(OC)c2)C3)cc1. The predicted octanol–water partition coefficient (Wildman–Crippen LogP) is 5.97. The number of nitrogens with one attached hydrogen (secondary N) is 1. The third-order valence-corrected chi connectivity index (χ3v) is 7.53. The quantitative estimate of drug-likeness (QED) is 0.448. The van der Waals surface area contributed by atoms with E-state index < -0.39 is 5.92 Å². The van der Waals surface area contributed by atoms with Crippen LogP contribution in [0.4, 0.5) is 0 Å². The zero-order valence-electron chi connectivity index (χ0n) is 22.6. The van der Waals surface area contributed by atoms with Crippen molar-refractivity contribution in [2.24, 2.45) is 0 Å². The second kappa shape index (κ2) is 11.2. The van der Waals surface area contributed by atoms with Gasteiger partial charge in [-0.2, -0.15) is 0 Å². The van der Waals surface area contributed by atoms with E-state index in [9.17, 15) is 9.59 Å². The van der Waals surface area contributed by atoms with Crippen LogP contribution in [0.1, 0.15) is 75.5 Å². The Balaban J connectivity index is 1.76. The first-order valence-electron chi connectivity index (χ1n) is 13.1. The molecule has 2 aromatic carbocycles. The number of methoxy groups -OCH3 is 2. The molecule has 6 heteroatoms. The summed E-state index contributed by atoms with van der Waals surface area (Å²) in [6.45, 7) is 7.88. The largest absolute Gasteiger partial charge is 0.493 e. The average molecular weight is 504 g/mol. The second-order valence-electron chi connectivity index (χ2n) is 9.85. The number of ketones is 1. The molecular formula is C31H37NO5. The smallest absolute Gasteiger partial charge is 0.337 e. The van der Waals surface area contributed by atoms with Gasteiger partial charge in [0.15, 0.2) is 17.3 Å². The Bertz CT molecular complexity index is 1240. The minimum atomic E-state index is -0.461.